The highest BCUT2D eigenvalue weighted by molar-refractivity contribution is 5.87. The van der Waals surface area contributed by atoms with Gasteiger partial charge in [-0.2, -0.15) is 0 Å². The van der Waals surface area contributed by atoms with Gasteiger partial charge in [-0.05, 0) is 38.6 Å². The Morgan fingerprint density at radius 1 is 1.29 bits per heavy atom. The lowest BCUT2D eigenvalue weighted by Crippen LogP contribution is -2.20. The maximum absolute atomic E-state index is 10.8. The summed E-state index contributed by atoms with van der Waals surface area (Å²) in [5.41, 5.74) is 2.59. The number of rotatable bonds is 6. The van der Waals surface area contributed by atoms with Crippen LogP contribution in [0.15, 0.2) is 36.8 Å². The van der Waals surface area contributed by atoms with Crippen molar-refractivity contribution in [3.63, 3.8) is 0 Å². The summed E-state index contributed by atoms with van der Waals surface area (Å²) in [7, 11) is 2.04. The summed E-state index contributed by atoms with van der Waals surface area (Å²) in [5.74, 6) is -0.893. The van der Waals surface area contributed by atoms with Crippen molar-refractivity contribution in [2.75, 3.05) is 7.05 Å². The topological polar surface area (TPSA) is 58.4 Å². The molecule has 1 N–H and O–H groups in total. The van der Waals surface area contributed by atoms with Crippen LogP contribution in [0.2, 0.25) is 0 Å². The molecule has 0 aliphatic carbocycles. The van der Waals surface area contributed by atoms with Crippen molar-refractivity contribution >= 4 is 5.97 Å². The highest BCUT2D eigenvalue weighted by Crippen LogP contribution is 2.13. The molecule has 0 unspecified atom stereocenters. The van der Waals surface area contributed by atoms with Crippen molar-refractivity contribution in [2.45, 2.75) is 33.0 Å². The van der Waals surface area contributed by atoms with Gasteiger partial charge in [-0.25, -0.2) is 9.78 Å². The summed E-state index contributed by atoms with van der Waals surface area (Å²) in [6.07, 6.45) is 3.75. The average Bonchev–Trinajstić information content (AvgIpc) is 2.87. The number of carboxylic acid groups (broad SMARTS) is 1. The summed E-state index contributed by atoms with van der Waals surface area (Å²) in [6.45, 7) is 5.84. The summed E-state index contributed by atoms with van der Waals surface area (Å²) in [6, 6.07) is 7.40. The molecule has 1 aromatic heterocycles. The first-order chi connectivity index (χ1) is 9.97. The number of nitrogens with zero attached hydrogens (tertiary/aromatic N) is 3. The Hall–Kier alpha value is -2.14. The number of imidazole rings is 1. The number of benzene rings is 1. The third kappa shape index (κ3) is 3.92. The van der Waals surface area contributed by atoms with Crippen molar-refractivity contribution in [1.29, 1.82) is 0 Å². The normalized spacial score (nSPS) is 11.3. The Morgan fingerprint density at radius 2 is 1.95 bits per heavy atom. The van der Waals surface area contributed by atoms with Gasteiger partial charge in [-0.1, -0.05) is 12.1 Å². The molecular formula is C16H21N3O2. The van der Waals surface area contributed by atoms with Gasteiger partial charge in [0, 0.05) is 25.3 Å². The Balaban J connectivity index is 1.99. The minimum absolute atomic E-state index is 0.319. The van der Waals surface area contributed by atoms with Crippen LogP contribution in [0.4, 0.5) is 0 Å². The Bertz CT molecular complexity index is 602. The maximum atomic E-state index is 10.8. The Morgan fingerprint density at radius 3 is 2.52 bits per heavy atom. The number of carboxylic acids is 1. The molecule has 0 amide bonds. The number of carbonyl (C=O) groups is 1. The summed E-state index contributed by atoms with van der Waals surface area (Å²) < 4.78 is 2.16. The van der Waals surface area contributed by atoms with E-state index in [9.17, 15) is 4.79 Å². The first-order valence-electron chi connectivity index (χ1n) is 6.99. The first kappa shape index (κ1) is 15.3. The van der Waals surface area contributed by atoms with Crippen molar-refractivity contribution < 1.29 is 9.90 Å². The van der Waals surface area contributed by atoms with Gasteiger partial charge in [0.15, 0.2) is 0 Å². The molecule has 0 spiro atoms. The van der Waals surface area contributed by atoms with Gasteiger partial charge < -0.3 is 9.67 Å². The van der Waals surface area contributed by atoms with Gasteiger partial charge in [-0.3, -0.25) is 4.90 Å². The van der Waals surface area contributed by atoms with Gasteiger partial charge >= 0.3 is 5.97 Å². The molecule has 0 saturated heterocycles. The van der Waals surface area contributed by atoms with Crippen LogP contribution >= 0.6 is 0 Å². The van der Waals surface area contributed by atoms with Gasteiger partial charge in [-0.15, -0.1) is 0 Å². The molecule has 2 rings (SSSR count). The van der Waals surface area contributed by atoms with Crippen molar-refractivity contribution in [2.24, 2.45) is 0 Å². The van der Waals surface area contributed by atoms with E-state index >= 15 is 0 Å². The molecule has 112 valence electrons. The van der Waals surface area contributed by atoms with Crippen molar-refractivity contribution in [3.8, 4) is 0 Å². The molecule has 5 heteroatoms. The van der Waals surface area contributed by atoms with Crippen LogP contribution in [-0.4, -0.2) is 32.6 Å². The van der Waals surface area contributed by atoms with Crippen LogP contribution < -0.4 is 0 Å². The predicted octanol–water partition coefficient (Wildman–Crippen LogP) is 2.79. The maximum Gasteiger partial charge on any atom is 0.335 e. The van der Waals surface area contributed by atoms with Crippen LogP contribution in [0.3, 0.4) is 0 Å². The van der Waals surface area contributed by atoms with Crippen LogP contribution in [0.5, 0.6) is 0 Å². The zero-order valence-electron chi connectivity index (χ0n) is 12.7. The van der Waals surface area contributed by atoms with E-state index in [4.69, 9.17) is 5.11 Å². The largest absolute Gasteiger partial charge is 0.478 e. The third-order valence-corrected chi connectivity index (χ3v) is 3.39. The number of aromatic nitrogens is 2. The highest BCUT2D eigenvalue weighted by atomic mass is 16.4. The van der Waals surface area contributed by atoms with E-state index in [1.165, 1.54) is 5.69 Å². The second-order valence-electron chi connectivity index (χ2n) is 5.56. The third-order valence-electron chi connectivity index (χ3n) is 3.39. The standard InChI is InChI=1S/C16H21N3O2/c1-12(2)19-11-17-8-15(19)10-18(3)9-13-4-6-14(7-5-13)16(20)21/h4-8,11-12H,9-10H2,1-3H3,(H,20,21). The van der Waals surface area contributed by atoms with E-state index in [0.29, 0.717) is 11.6 Å². The second kappa shape index (κ2) is 6.54. The molecule has 0 saturated carbocycles. The fraction of sp³-hybridized carbons (Fsp3) is 0.375. The fourth-order valence-electron chi connectivity index (χ4n) is 2.32. The second-order valence-corrected chi connectivity index (χ2v) is 5.56. The van der Waals surface area contributed by atoms with E-state index in [2.05, 4.69) is 28.3 Å². The average molecular weight is 287 g/mol. The first-order valence-corrected chi connectivity index (χ1v) is 6.99. The minimum atomic E-state index is -0.893. The van der Waals surface area contributed by atoms with E-state index in [1.54, 1.807) is 12.1 Å². The van der Waals surface area contributed by atoms with Crippen molar-refractivity contribution in [3.05, 3.63) is 53.6 Å². The van der Waals surface area contributed by atoms with E-state index < -0.39 is 5.97 Å². The summed E-state index contributed by atoms with van der Waals surface area (Å²) >= 11 is 0. The van der Waals surface area contributed by atoms with Crippen LogP contribution in [0, 0.1) is 0 Å². The van der Waals surface area contributed by atoms with E-state index in [1.807, 2.05) is 31.7 Å². The zero-order valence-corrected chi connectivity index (χ0v) is 12.7. The minimum Gasteiger partial charge on any atom is -0.478 e. The molecule has 1 heterocycles. The smallest absolute Gasteiger partial charge is 0.335 e. The van der Waals surface area contributed by atoms with E-state index in [-0.39, 0.29) is 0 Å². The lowest BCUT2D eigenvalue weighted by Gasteiger charge is -2.19. The van der Waals surface area contributed by atoms with Gasteiger partial charge in [0.05, 0.1) is 17.6 Å². The molecule has 0 aliphatic rings. The molecule has 21 heavy (non-hydrogen) atoms. The molecule has 0 atom stereocenters. The molecule has 5 nitrogen and oxygen atoms in total. The Labute approximate surface area is 124 Å². The van der Waals surface area contributed by atoms with E-state index in [0.717, 1.165) is 18.7 Å². The number of hydrogen-bond acceptors (Lipinski definition) is 3. The van der Waals surface area contributed by atoms with Gasteiger partial charge in [0.25, 0.3) is 0 Å². The zero-order chi connectivity index (χ0) is 15.4. The van der Waals surface area contributed by atoms with Crippen LogP contribution in [-0.2, 0) is 13.1 Å². The molecular weight excluding hydrogens is 266 g/mol. The molecule has 1 aromatic carbocycles. The predicted molar refractivity (Wildman–Crippen MR) is 81.2 cm³/mol. The molecule has 0 bridgehead atoms. The number of hydrogen-bond donors (Lipinski definition) is 1. The molecule has 0 fully saturated rings. The van der Waals surface area contributed by atoms with Crippen LogP contribution in [0.1, 0.15) is 41.5 Å². The monoisotopic (exact) mass is 287 g/mol. The Kier molecular flexibility index (Phi) is 4.75. The van der Waals surface area contributed by atoms with Gasteiger partial charge in [0.1, 0.15) is 0 Å². The number of aromatic carboxylic acids is 1. The van der Waals surface area contributed by atoms with Gasteiger partial charge in [0.2, 0.25) is 0 Å². The highest BCUT2D eigenvalue weighted by Gasteiger charge is 2.09. The lowest BCUT2D eigenvalue weighted by atomic mass is 10.1. The lowest BCUT2D eigenvalue weighted by molar-refractivity contribution is 0.0697. The van der Waals surface area contributed by atoms with Crippen molar-refractivity contribution in [1.82, 2.24) is 14.5 Å². The molecule has 2 aromatic rings. The quantitative estimate of drug-likeness (QED) is 0.887. The fourth-order valence-corrected chi connectivity index (χ4v) is 2.32. The molecule has 0 aliphatic heterocycles. The van der Waals surface area contributed by atoms with Crippen LogP contribution in [0.25, 0.3) is 0 Å². The molecule has 0 radical (unpaired) electrons. The summed E-state index contributed by atoms with van der Waals surface area (Å²) in [4.78, 5) is 17.2. The summed E-state index contributed by atoms with van der Waals surface area (Å²) in [5, 5.41) is 8.89. The SMILES string of the molecule is CC(C)n1cncc1CN(C)Cc1ccc(C(=O)O)cc1.